The fraction of sp³-hybridized carbons (Fsp3) is 0.214. The van der Waals surface area contributed by atoms with Crippen LogP contribution in [0.2, 0.25) is 0 Å². The van der Waals surface area contributed by atoms with E-state index in [9.17, 15) is 4.79 Å². The van der Waals surface area contributed by atoms with Crippen molar-refractivity contribution in [1.29, 1.82) is 0 Å². The first kappa shape index (κ1) is 11.6. The molecule has 0 atom stereocenters. The minimum atomic E-state index is 0.600. The number of nitrogens with zero attached hydrogens (tertiary/aromatic N) is 3. The molecule has 5 nitrogen and oxygen atoms in total. The van der Waals surface area contributed by atoms with Crippen LogP contribution in [0.25, 0.3) is 11.0 Å². The number of carbonyl (C=O) groups is 1. The van der Waals surface area contributed by atoms with Gasteiger partial charge in [-0.25, -0.2) is 4.98 Å². The van der Waals surface area contributed by atoms with Crippen LogP contribution in [0.1, 0.15) is 27.4 Å². The second-order valence-electron chi connectivity index (χ2n) is 4.51. The van der Waals surface area contributed by atoms with E-state index in [1.807, 2.05) is 36.7 Å². The molecule has 0 N–H and O–H groups in total. The molecular formula is C14H13N3O2. The van der Waals surface area contributed by atoms with E-state index in [2.05, 4.69) is 10.1 Å². The van der Waals surface area contributed by atoms with E-state index in [-0.39, 0.29) is 0 Å². The van der Waals surface area contributed by atoms with Crippen molar-refractivity contribution in [3.05, 3.63) is 47.1 Å². The molecule has 0 aliphatic carbocycles. The Bertz CT molecular complexity index is 736. The van der Waals surface area contributed by atoms with Crippen LogP contribution in [0.4, 0.5) is 0 Å². The summed E-state index contributed by atoms with van der Waals surface area (Å²) < 4.78 is 7.11. The van der Waals surface area contributed by atoms with Gasteiger partial charge in [-0.1, -0.05) is 5.16 Å². The van der Waals surface area contributed by atoms with Gasteiger partial charge in [0.1, 0.15) is 11.4 Å². The quantitative estimate of drug-likeness (QED) is 0.675. The summed E-state index contributed by atoms with van der Waals surface area (Å²) in [6.45, 7) is 4.39. The van der Waals surface area contributed by atoms with Gasteiger partial charge in [-0.2, -0.15) is 0 Å². The van der Waals surface area contributed by atoms with Crippen LogP contribution >= 0.6 is 0 Å². The average Bonchev–Trinajstić information content (AvgIpc) is 2.94. The van der Waals surface area contributed by atoms with E-state index in [0.29, 0.717) is 12.1 Å². The highest BCUT2D eigenvalue weighted by Crippen LogP contribution is 2.21. The molecule has 0 aromatic carbocycles. The molecule has 3 heterocycles. The highest BCUT2D eigenvalue weighted by Gasteiger charge is 2.13. The van der Waals surface area contributed by atoms with Gasteiger partial charge in [0.05, 0.1) is 12.2 Å². The summed E-state index contributed by atoms with van der Waals surface area (Å²) in [7, 11) is 0. The van der Waals surface area contributed by atoms with Gasteiger partial charge in [0.25, 0.3) is 0 Å². The Morgan fingerprint density at radius 2 is 2.26 bits per heavy atom. The van der Waals surface area contributed by atoms with E-state index >= 15 is 0 Å². The van der Waals surface area contributed by atoms with E-state index in [1.165, 1.54) is 0 Å². The maximum Gasteiger partial charge on any atom is 0.152 e. The maximum absolute atomic E-state index is 11.1. The second-order valence-corrected chi connectivity index (χ2v) is 4.51. The molecular weight excluding hydrogens is 242 g/mol. The van der Waals surface area contributed by atoms with E-state index in [1.54, 1.807) is 6.20 Å². The molecule has 0 aliphatic heterocycles. The van der Waals surface area contributed by atoms with Gasteiger partial charge in [-0.3, -0.25) is 4.79 Å². The van der Waals surface area contributed by atoms with Crippen LogP contribution in [0.15, 0.2) is 29.0 Å². The van der Waals surface area contributed by atoms with Crippen molar-refractivity contribution in [3.8, 4) is 0 Å². The predicted molar refractivity (Wildman–Crippen MR) is 70.2 cm³/mol. The lowest BCUT2D eigenvalue weighted by molar-refractivity contribution is 0.112. The Balaban J connectivity index is 2.13. The number of aldehydes is 1. The summed E-state index contributed by atoms with van der Waals surface area (Å²) in [5.41, 5.74) is 3.34. The minimum absolute atomic E-state index is 0.600. The van der Waals surface area contributed by atoms with Crippen LogP contribution in [0.5, 0.6) is 0 Å². The zero-order chi connectivity index (χ0) is 13.4. The summed E-state index contributed by atoms with van der Waals surface area (Å²) in [5.74, 6) is 0.794. The van der Waals surface area contributed by atoms with Crippen molar-refractivity contribution in [1.82, 2.24) is 14.7 Å². The van der Waals surface area contributed by atoms with Crippen molar-refractivity contribution < 1.29 is 9.32 Å². The van der Waals surface area contributed by atoms with Gasteiger partial charge >= 0.3 is 0 Å². The Morgan fingerprint density at radius 1 is 1.42 bits per heavy atom. The largest absolute Gasteiger partial charge is 0.361 e. The number of hydrogen-bond acceptors (Lipinski definition) is 4. The minimum Gasteiger partial charge on any atom is -0.361 e. The molecule has 3 rings (SSSR count). The Labute approximate surface area is 109 Å². The Hall–Kier alpha value is -2.43. The summed E-state index contributed by atoms with van der Waals surface area (Å²) in [4.78, 5) is 15.4. The van der Waals surface area contributed by atoms with Crippen LogP contribution in [-0.4, -0.2) is 21.0 Å². The highest BCUT2D eigenvalue weighted by molar-refractivity contribution is 5.95. The molecule has 0 spiro atoms. The normalized spacial score (nSPS) is 11.1. The first-order valence-corrected chi connectivity index (χ1v) is 6.01. The number of rotatable bonds is 3. The van der Waals surface area contributed by atoms with E-state index < -0.39 is 0 Å². The molecule has 19 heavy (non-hydrogen) atoms. The number of aryl methyl sites for hydroxylation is 2. The molecule has 0 radical (unpaired) electrons. The van der Waals surface area contributed by atoms with Gasteiger partial charge in [0, 0.05) is 28.9 Å². The molecule has 0 aliphatic rings. The summed E-state index contributed by atoms with van der Waals surface area (Å²) in [6.07, 6.45) is 4.39. The molecule has 3 aromatic heterocycles. The summed E-state index contributed by atoms with van der Waals surface area (Å²) in [5, 5.41) is 4.81. The molecule has 5 heteroatoms. The lowest BCUT2D eigenvalue weighted by Gasteiger charge is -2.03. The SMILES string of the molecule is Cc1noc(C)c1Cn1cc(C=O)c2cccnc21. The molecule has 0 amide bonds. The predicted octanol–water partition coefficient (Wildman–Crippen LogP) is 2.50. The first-order valence-electron chi connectivity index (χ1n) is 6.01. The standard InChI is InChI=1S/C14H13N3O2/c1-9-13(10(2)19-16-9)7-17-6-11(8-18)12-4-3-5-15-14(12)17/h3-6,8H,7H2,1-2H3. The monoisotopic (exact) mass is 255 g/mol. The first-order chi connectivity index (χ1) is 9.20. The smallest absolute Gasteiger partial charge is 0.152 e. The molecule has 0 saturated carbocycles. The Kier molecular flexibility index (Phi) is 2.67. The second kappa shape index (κ2) is 4.35. The molecule has 0 unspecified atom stereocenters. The van der Waals surface area contributed by atoms with Crippen molar-refractivity contribution in [2.75, 3.05) is 0 Å². The van der Waals surface area contributed by atoms with Crippen molar-refractivity contribution in [2.45, 2.75) is 20.4 Å². The number of hydrogen-bond donors (Lipinski definition) is 0. The van der Waals surface area contributed by atoms with Crippen LogP contribution in [0, 0.1) is 13.8 Å². The third kappa shape index (κ3) is 1.83. The van der Waals surface area contributed by atoms with Gasteiger partial charge in [0.15, 0.2) is 6.29 Å². The molecule has 0 bridgehead atoms. The molecule has 0 fully saturated rings. The topological polar surface area (TPSA) is 60.9 Å². The third-order valence-corrected chi connectivity index (χ3v) is 3.30. The third-order valence-electron chi connectivity index (χ3n) is 3.30. The lowest BCUT2D eigenvalue weighted by Crippen LogP contribution is -2.01. The maximum atomic E-state index is 11.1. The fourth-order valence-corrected chi connectivity index (χ4v) is 2.26. The zero-order valence-electron chi connectivity index (χ0n) is 10.8. The molecule has 96 valence electrons. The van der Waals surface area contributed by atoms with Crippen molar-refractivity contribution >= 4 is 17.3 Å². The van der Waals surface area contributed by atoms with Crippen molar-refractivity contribution in [3.63, 3.8) is 0 Å². The van der Waals surface area contributed by atoms with E-state index in [0.717, 1.165) is 34.3 Å². The molecule has 3 aromatic rings. The van der Waals surface area contributed by atoms with Gasteiger partial charge in [-0.05, 0) is 26.0 Å². The van der Waals surface area contributed by atoms with Gasteiger partial charge in [-0.15, -0.1) is 0 Å². The fourth-order valence-electron chi connectivity index (χ4n) is 2.26. The number of pyridine rings is 1. The van der Waals surface area contributed by atoms with Crippen molar-refractivity contribution in [2.24, 2.45) is 0 Å². The number of carbonyl (C=O) groups excluding carboxylic acids is 1. The van der Waals surface area contributed by atoms with Crippen LogP contribution < -0.4 is 0 Å². The molecule has 0 saturated heterocycles. The summed E-state index contributed by atoms with van der Waals surface area (Å²) in [6, 6.07) is 3.73. The average molecular weight is 255 g/mol. The number of aromatic nitrogens is 3. The Morgan fingerprint density at radius 3 is 2.95 bits per heavy atom. The van der Waals surface area contributed by atoms with Crippen LogP contribution in [0.3, 0.4) is 0 Å². The highest BCUT2D eigenvalue weighted by atomic mass is 16.5. The number of fused-ring (bicyclic) bond motifs is 1. The van der Waals surface area contributed by atoms with Crippen LogP contribution in [-0.2, 0) is 6.54 Å². The van der Waals surface area contributed by atoms with Gasteiger partial charge in [0.2, 0.25) is 0 Å². The zero-order valence-corrected chi connectivity index (χ0v) is 10.8. The summed E-state index contributed by atoms with van der Waals surface area (Å²) >= 11 is 0. The van der Waals surface area contributed by atoms with Gasteiger partial charge < -0.3 is 9.09 Å². The van der Waals surface area contributed by atoms with E-state index in [4.69, 9.17) is 4.52 Å². The lowest BCUT2D eigenvalue weighted by atomic mass is 10.2.